The van der Waals surface area contributed by atoms with Crippen LogP contribution in [0.1, 0.15) is 229 Å². The molecule has 0 radical (unpaired) electrons. The Bertz CT molecular complexity index is 3470. The van der Waals surface area contributed by atoms with E-state index in [1.807, 2.05) is 0 Å². The first kappa shape index (κ1) is 88.2. The van der Waals surface area contributed by atoms with E-state index < -0.39 is 0 Å². The third kappa shape index (κ3) is 36.3. The average Bonchev–Trinajstić information content (AvgIpc) is 1.62. The summed E-state index contributed by atoms with van der Waals surface area (Å²) in [5, 5.41) is 30.2. The average molecular weight is 1570 g/mol. The molecule has 2 N–H and O–H groups in total. The minimum absolute atomic E-state index is 0.457. The molecule has 8 bridgehead atoms. The van der Waals surface area contributed by atoms with Crippen LogP contribution in [0.4, 0.5) is 0 Å². The maximum absolute atomic E-state index is 8.98. The predicted molar refractivity (Wildman–Crippen MR) is 438 cm³/mol. The number of nitrogens with one attached hydrogen (secondary N) is 2. The van der Waals surface area contributed by atoms with Crippen molar-refractivity contribution in [3.8, 4) is 0 Å². The molecular weight excluding hydrogens is 1470 g/mol. The molecule has 2 aliphatic rings. The van der Waals surface area contributed by atoms with Gasteiger partial charge in [-0.2, -0.15) is 0 Å². The molecule has 562 valence electrons. The van der Waals surface area contributed by atoms with E-state index >= 15 is 0 Å². The van der Waals surface area contributed by atoms with Gasteiger partial charge in [-0.05, 0) is 193 Å². The summed E-state index contributed by atoms with van der Waals surface area (Å²) in [6.45, 7) is 3.67. The van der Waals surface area contributed by atoms with Crippen LogP contribution in [0, 0.1) is 0 Å². The van der Waals surface area contributed by atoms with Crippen molar-refractivity contribution in [1.29, 1.82) is 0 Å². The van der Waals surface area contributed by atoms with Crippen molar-refractivity contribution >= 4 is 136 Å². The van der Waals surface area contributed by atoms with Crippen molar-refractivity contribution < 1.29 is 0 Å². The van der Waals surface area contributed by atoms with Gasteiger partial charge in [0, 0.05) is 91.7 Å². The summed E-state index contributed by atoms with van der Waals surface area (Å²) in [6, 6.07) is 0. The SMILES string of the molecule is [N-]=[N+]=NCCCCCCSC1=C(SCCCCCCN=[N+]=[N-])c2nc1nc1nc(nc3[nH]c(nc4[nH]c(n2)c(SCCCCCCN=[N+]=[N-])c4SCCCCCCN=[N+]=[N-])c(SCCCCCCN=[N+]=[N-])c3SCCCCCCN=[N+]=[N-])C(SCCCCCCN=[N+]=[N-])=C1SCCCCCCN=[N+]=[N-]. The Morgan fingerprint density at radius 3 is 0.558 bits per heavy atom. The Balaban J connectivity index is 1.91. The lowest BCUT2D eigenvalue weighted by Gasteiger charge is -2.09. The van der Waals surface area contributed by atoms with E-state index in [0.717, 1.165) is 291 Å². The highest BCUT2D eigenvalue weighted by atomic mass is 32.2. The van der Waals surface area contributed by atoms with Gasteiger partial charge < -0.3 is 9.97 Å². The summed E-state index contributed by atoms with van der Waals surface area (Å²) in [4.78, 5) is 72.9. The summed E-state index contributed by atoms with van der Waals surface area (Å²) < 4.78 is 0. The monoisotopic (exact) mass is 1570 g/mol. The summed E-state index contributed by atoms with van der Waals surface area (Å²) in [7, 11) is 0. The van der Waals surface area contributed by atoms with E-state index in [-0.39, 0.29) is 0 Å². The zero-order chi connectivity index (χ0) is 73.8. The van der Waals surface area contributed by atoms with Crippen molar-refractivity contribution in [3.63, 3.8) is 0 Å². The Labute approximate surface area is 642 Å². The lowest BCUT2D eigenvalue weighted by Crippen LogP contribution is -1.93. The minimum Gasteiger partial charge on any atom is -0.323 e. The zero-order valence-electron chi connectivity index (χ0n) is 59.6. The van der Waals surface area contributed by atoms with Gasteiger partial charge in [0.2, 0.25) is 0 Å². The van der Waals surface area contributed by atoms with Crippen molar-refractivity contribution in [1.82, 2.24) is 39.9 Å². The van der Waals surface area contributed by atoms with Crippen LogP contribution in [0.3, 0.4) is 0 Å². The van der Waals surface area contributed by atoms with E-state index in [2.05, 4.69) is 90.2 Å². The Hall–Kier alpha value is -6.40. The Kier molecular flexibility index (Phi) is 50.7. The zero-order valence-corrected chi connectivity index (χ0v) is 66.2. The van der Waals surface area contributed by atoms with Crippen molar-refractivity contribution in [2.24, 2.45) is 40.9 Å². The van der Waals surface area contributed by atoms with Gasteiger partial charge in [0.25, 0.3) is 0 Å². The summed E-state index contributed by atoms with van der Waals surface area (Å²) in [5.41, 5.74) is 74.5. The number of hydrogen-bond acceptors (Lipinski definition) is 22. The molecule has 0 saturated heterocycles. The molecule has 5 heterocycles. The van der Waals surface area contributed by atoms with E-state index in [1.165, 1.54) is 0 Å². The first-order valence-electron chi connectivity index (χ1n) is 36.4. The summed E-state index contributed by atoms with van der Waals surface area (Å²) >= 11 is 14.0. The molecule has 3 aromatic rings. The van der Waals surface area contributed by atoms with Crippen molar-refractivity contribution in [2.45, 2.75) is 225 Å². The molecule has 0 amide bonds. The number of unbranched alkanes of at least 4 members (excludes halogenated alkanes) is 24. The molecule has 0 atom stereocenters. The summed E-state index contributed by atoms with van der Waals surface area (Å²) in [5.74, 6) is 8.38. The fourth-order valence-corrected chi connectivity index (χ4v) is 20.1. The van der Waals surface area contributed by atoms with Crippen LogP contribution >= 0.6 is 94.1 Å². The van der Waals surface area contributed by atoms with Gasteiger partial charge in [0.1, 0.15) is 22.6 Å². The number of azide groups is 8. The quantitative estimate of drug-likeness (QED) is 0.0174. The second-order valence-corrected chi connectivity index (χ2v) is 32.8. The predicted octanol–water partition coefficient (Wildman–Crippen LogP) is 25.8. The number of aromatic amines is 2. The number of rotatable bonds is 64. The lowest BCUT2D eigenvalue weighted by atomic mass is 10.2. The van der Waals surface area contributed by atoms with Crippen LogP contribution in [0.2, 0.25) is 0 Å². The molecule has 2 aliphatic heterocycles. The maximum Gasteiger partial charge on any atom is 0.171 e. The van der Waals surface area contributed by atoms with Gasteiger partial charge in [-0.3, -0.25) is 0 Å². The number of nitrogens with zero attached hydrogens (tertiary/aromatic N) is 30. The van der Waals surface area contributed by atoms with E-state index in [4.69, 9.17) is 74.2 Å². The van der Waals surface area contributed by atoms with E-state index in [0.29, 0.717) is 98.2 Å². The van der Waals surface area contributed by atoms with Gasteiger partial charge in [0.05, 0.1) is 39.2 Å². The number of H-pyrrole nitrogens is 2. The largest absolute Gasteiger partial charge is 0.323 e. The van der Waals surface area contributed by atoms with E-state index in [9.17, 15) is 0 Å². The van der Waals surface area contributed by atoms with Crippen LogP contribution < -0.4 is 0 Å². The minimum atomic E-state index is 0.457. The fraction of sp³-hybridized carbons (Fsp3) is 0.750. The topological polar surface area (TPSA) is 499 Å². The van der Waals surface area contributed by atoms with Gasteiger partial charge in [-0.1, -0.05) is 144 Å². The number of hydrogen-bond donors (Lipinski definition) is 2. The van der Waals surface area contributed by atoms with Crippen molar-refractivity contribution in [3.05, 3.63) is 107 Å². The fourth-order valence-electron chi connectivity index (χ4n) is 10.6. The molecule has 0 unspecified atom stereocenters. The van der Waals surface area contributed by atoms with Crippen LogP contribution in [-0.2, 0) is 0 Å². The smallest absolute Gasteiger partial charge is 0.171 e. The number of aromatic nitrogens is 8. The molecule has 0 aromatic carbocycles. The highest BCUT2D eigenvalue weighted by Crippen LogP contribution is 2.48. The third-order valence-corrected chi connectivity index (χ3v) is 25.9. The van der Waals surface area contributed by atoms with Gasteiger partial charge in [-0.15, -0.1) is 94.1 Å². The normalized spacial score (nSPS) is 11.6. The molecule has 0 spiro atoms. The number of thioether (sulfide) groups is 8. The molecule has 0 fully saturated rings. The third-order valence-electron chi connectivity index (χ3n) is 16.0. The molecule has 3 aromatic heterocycles. The van der Waals surface area contributed by atoms with E-state index in [1.54, 1.807) is 94.1 Å². The maximum atomic E-state index is 8.98. The highest BCUT2D eigenvalue weighted by molar-refractivity contribution is 8.14. The molecular formula is C64H98N32S8. The van der Waals surface area contributed by atoms with Crippen LogP contribution in [0.15, 0.2) is 60.5 Å². The second-order valence-electron chi connectivity index (χ2n) is 24.0. The van der Waals surface area contributed by atoms with Crippen LogP contribution in [-0.4, -0.2) is 138 Å². The molecule has 104 heavy (non-hydrogen) atoms. The summed E-state index contributed by atoms with van der Waals surface area (Å²) in [6.07, 6.45) is 28.7. The first-order chi connectivity index (χ1) is 51.5. The molecule has 40 heteroatoms. The molecule has 0 saturated carbocycles. The molecule has 0 aliphatic carbocycles. The van der Waals surface area contributed by atoms with Crippen molar-refractivity contribution in [2.75, 3.05) is 98.4 Å². The molecule has 5 rings (SSSR count). The Morgan fingerprint density at radius 2 is 0.365 bits per heavy atom. The lowest BCUT2D eigenvalue weighted by molar-refractivity contribution is 0.676. The van der Waals surface area contributed by atoms with Gasteiger partial charge in [0.15, 0.2) is 23.3 Å². The highest BCUT2D eigenvalue weighted by Gasteiger charge is 2.30. The van der Waals surface area contributed by atoms with Crippen LogP contribution in [0.25, 0.3) is 126 Å². The standard InChI is InChI=1S/C64H98N32S8/c65-89-73-33-17-1-9-25-41-97-49-50(98-42-26-10-2-18-34-74-90-66)58-81-57(49)85-59-51(99-43-27-11-3-19-35-75-91-67)52(100-44-28-12-4-20-36-76-92-68)61(82-59)87-63-55(103-47-31-15-7-23-39-79-95-71)56(104-48-32-16-8-24-40-80-96-72)64(84-63)88-62-54(102-46-30-14-6-22-38-78-94-70)53(60(83-62)86-58)101-45-29-13-5-21-37-77-93-69/h1-48H2,(H2,81,82,83,84,85,86,87,88). The molecule has 32 nitrogen and oxygen atoms in total. The van der Waals surface area contributed by atoms with Gasteiger partial charge in [-0.25, -0.2) is 29.9 Å². The Morgan fingerprint density at radius 1 is 0.202 bits per heavy atom. The second kappa shape index (κ2) is 59.7. The van der Waals surface area contributed by atoms with Gasteiger partial charge >= 0.3 is 0 Å². The number of fused-ring (bicyclic) bond motifs is 8. The first-order valence-corrected chi connectivity index (χ1v) is 44.2. The van der Waals surface area contributed by atoms with Crippen LogP contribution in [0.5, 0.6) is 0 Å².